The van der Waals surface area contributed by atoms with Crippen LogP contribution in [-0.2, 0) is 16.4 Å². The molecular formula is C8H11ClN2O3S. The SMILES string of the molecule is CS(=O)(=O)CCCn1ccnc(Cl)c1=O. The van der Waals surface area contributed by atoms with Gasteiger partial charge in [-0.1, -0.05) is 11.6 Å². The average Bonchev–Trinajstić information content (AvgIpc) is 2.10. The van der Waals surface area contributed by atoms with Crippen LogP contribution in [0.4, 0.5) is 0 Å². The highest BCUT2D eigenvalue weighted by atomic mass is 35.5. The van der Waals surface area contributed by atoms with Gasteiger partial charge in [-0.05, 0) is 6.42 Å². The molecule has 1 rings (SSSR count). The van der Waals surface area contributed by atoms with Crippen molar-refractivity contribution in [3.05, 3.63) is 27.9 Å². The molecule has 1 aromatic heterocycles. The van der Waals surface area contributed by atoms with Crippen LogP contribution in [0.25, 0.3) is 0 Å². The molecule has 0 saturated carbocycles. The zero-order valence-electron chi connectivity index (χ0n) is 8.18. The molecular weight excluding hydrogens is 240 g/mol. The summed E-state index contributed by atoms with van der Waals surface area (Å²) in [6.07, 6.45) is 4.44. The predicted octanol–water partition coefficient (Wildman–Crippen LogP) is 0.331. The zero-order valence-corrected chi connectivity index (χ0v) is 9.75. The van der Waals surface area contributed by atoms with Crippen LogP contribution >= 0.6 is 11.6 Å². The molecule has 0 aliphatic heterocycles. The molecule has 0 spiro atoms. The van der Waals surface area contributed by atoms with E-state index in [9.17, 15) is 13.2 Å². The van der Waals surface area contributed by atoms with Gasteiger partial charge in [-0.25, -0.2) is 13.4 Å². The van der Waals surface area contributed by atoms with Crippen molar-refractivity contribution in [2.75, 3.05) is 12.0 Å². The summed E-state index contributed by atoms with van der Waals surface area (Å²) < 4.78 is 23.0. The van der Waals surface area contributed by atoms with E-state index in [0.29, 0.717) is 13.0 Å². The first-order chi connectivity index (χ1) is 6.90. The largest absolute Gasteiger partial charge is 0.311 e. The third-order valence-electron chi connectivity index (χ3n) is 1.79. The fourth-order valence-electron chi connectivity index (χ4n) is 1.09. The maximum atomic E-state index is 11.3. The maximum Gasteiger partial charge on any atom is 0.288 e. The Balaban J connectivity index is 2.67. The van der Waals surface area contributed by atoms with E-state index in [1.807, 2.05) is 0 Å². The Labute approximate surface area is 92.6 Å². The Kier molecular flexibility index (Phi) is 3.87. The number of hydrogen-bond donors (Lipinski definition) is 0. The van der Waals surface area contributed by atoms with Crippen molar-refractivity contribution in [2.24, 2.45) is 0 Å². The monoisotopic (exact) mass is 250 g/mol. The second-order valence-electron chi connectivity index (χ2n) is 3.20. The van der Waals surface area contributed by atoms with Crippen LogP contribution in [0.5, 0.6) is 0 Å². The van der Waals surface area contributed by atoms with E-state index in [0.717, 1.165) is 6.26 Å². The summed E-state index contributed by atoms with van der Waals surface area (Å²) in [5, 5.41) is -0.100. The molecule has 0 aliphatic rings. The lowest BCUT2D eigenvalue weighted by molar-refractivity contribution is 0.588. The van der Waals surface area contributed by atoms with Gasteiger partial charge < -0.3 is 4.57 Å². The summed E-state index contributed by atoms with van der Waals surface area (Å²) in [6, 6.07) is 0. The highest BCUT2D eigenvalue weighted by molar-refractivity contribution is 7.90. The highest BCUT2D eigenvalue weighted by Gasteiger charge is 2.04. The lowest BCUT2D eigenvalue weighted by Crippen LogP contribution is -2.21. The molecule has 0 fully saturated rings. The van der Waals surface area contributed by atoms with E-state index in [1.54, 1.807) is 0 Å². The third kappa shape index (κ3) is 4.01. The fourth-order valence-corrected chi connectivity index (χ4v) is 1.91. The molecule has 0 aliphatic carbocycles. The second-order valence-corrected chi connectivity index (χ2v) is 5.82. The average molecular weight is 251 g/mol. The van der Waals surface area contributed by atoms with Crippen molar-refractivity contribution in [1.82, 2.24) is 9.55 Å². The smallest absolute Gasteiger partial charge is 0.288 e. The van der Waals surface area contributed by atoms with Crippen LogP contribution in [0.2, 0.25) is 5.15 Å². The molecule has 84 valence electrons. The molecule has 15 heavy (non-hydrogen) atoms. The van der Waals surface area contributed by atoms with Gasteiger partial charge in [0.05, 0.1) is 5.75 Å². The molecule has 5 nitrogen and oxygen atoms in total. The Hall–Kier alpha value is -0.880. The Morgan fingerprint density at radius 3 is 2.80 bits per heavy atom. The predicted molar refractivity (Wildman–Crippen MR) is 57.8 cm³/mol. The van der Waals surface area contributed by atoms with Crippen molar-refractivity contribution in [2.45, 2.75) is 13.0 Å². The number of aryl methyl sites for hydroxylation is 1. The van der Waals surface area contributed by atoms with E-state index in [1.165, 1.54) is 17.0 Å². The van der Waals surface area contributed by atoms with E-state index in [2.05, 4.69) is 4.98 Å². The van der Waals surface area contributed by atoms with E-state index < -0.39 is 15.4 Å². The zero-order chi connectivity index (χ0) is 11.5. The maximum absolute atomic E-state index is 11.3. The standard InChI is InChI=1S/C8H11ClN2O3S/c1-15(13,14)6-2-4-11-5-3-10-7(9)8(11)12/h3,5H,2,4,6H2,1H3. The number of rotatable bonds is 4. The van der Waals surface area contributed by atoms with Gasteiger partial charge in [-0.2, -0.15) is 0 Å². The van der Waals surface area contributed by atoms with Crippen LogP contribution in [0.3, 0.4) is 0 Å². The lowest BCUT2D eigenvalue weighted by Gasteiger charge is -2.04. The molecule has 1 heterocycles. The summed E-state index contributed by atoms with van der Waals surface area (Å²) in [7, 11) is -2.98. The van der Waals surface area contributed by atoms with E-state index >= 15 is 0 Å². The van der Waals surface area contributed by atoms with E-state index in [-0.39, 0.29) is 10.9 Å². The van der Waals surface area contributed by atoms with Crippen LogP contribution < -0.4 is 5.56 Å². The molecule has 0 unspecified atom stereocenters. The Bertz CT molecular complexity index is 495. The number of sulfone groups is 1. The number of halogens is 1. The highest BCUT2D eigenvalue weighted by Crippen LogP contribution is 1.96. The second kappa shape index (κ2) is 4.76. The Morgan fingerprint density at radius 1 is 1.53 bits per heavy atom. The summed E-state index contributed by atoms with van der Waals surface area (Å²) in [5.74, 6) is 0.0549. The van der Waals surface area contributed by atoms with Gasteiger partial charge in [0.1, 0.15) is 9.84 Å². The quantitative estimate of drug-likeness (QED) is 0.772. The summed E-state index contributed by atoms with van der Waals surface area (Å²) in [6.45, 7) is 0.328. The van der Waals surface area contributed by atoms with Gasteiger partial charge in [0, 0.05) is 25.2 Å². The van der Waals surface area contributed by atoms with Gasteiger partial charge >= 0.3 is 0 Å². The van der Waals surface area contributed by atoms with Crippen LogP contribution in [0, 0.1) is 0 Å². The normalized spacial score (nSPS) is 11.6. The first kappa shape index (κ1) is 12.2. The molecule has 0 atom stereocenters. The minimum absolute atomic E-state index is 0.0549. The topological polar surface area (TPSA) is 69.0 Å². The Morgan fingerprint density at radius 2 is 2.20 bits per heavy atom. The van der Waals surface area contributed by atoms with Crippen LogP contribution in [0.1, 0.15) is 6.42 Å². The van der Waals surface area contributed by atoms with Crippen molar-refractivity contribution < 1.29 is 8.42 Å². The van der Waals surface area contributed by atoms with Crippen molar-refractivity contribution in [1.29, 1.82) is 0 Å². The van der Waals surface area contributed by atoms with Gasteiger partial charge in [0.15, 0.2) is 5.15 Å². The molecule has 0 N–H and O–H groups in total. The molecule has 7 heteroatoms. The van der Waals surface area contributed by atoms with E-state index in [4.69, 9.17) is 11.6 Å². The minimum Gasteiger partial charge on any atom is -0.311 e. The van der Waals surface area contributed by atoms with Crippen LogP contribution in [0.15, 0.2) is 17.2 Å². The molecule has 1 aromatic rings. The van der Waals surface area contributed by atoms with Crippen molar-refractivity contribution in [3.8, 4) is 0 Å². The first-order valence-corrected chi connectivity index (χ1v) is 6.73. The van der Waals surface area contributed by atoms with Gasteiger partial charge in [0.25, 0.3) is 5.56 Å². The summed E-state index contributed by atoms with van der Waals surface area (Å²) >= 11 is 5.52. The number of hydrogen-bond acceptors (Lipinski definition) is 4. The molecule has 0 radical (unpaired) electrons. The number of aromatic nitrogens is 2. The van der Waals surface area contributed by atoms with Crippen molar-refractivity contribution in [3.63, 3.8) is 0 Å². The summed E-state index contributed by atoms with van der Waals surface area (Å²) in [5.41, 5.74) is -0.396. The van der Waals surface area contributed by atoms with Crippen molar-refractivity contribution >= 4 is 21.4 Å². The number of nitrogens with zero attached hydrogens (tertiary/aromatic N) is 2. The summed E-state index contributed by atoms with van der Waals surface area (Å²) in [4.78, 5) is 15.0. The lowest BCUT2D eigenvalue weighted by atomic mass is 10.4. The third-order valence-corrected chi connectivity index (χ3v) is 3.08. The minimum atomic E-state index is -2.98. The first-order valence-electron chi connectivity index (χ1n) is 4.29. The molecule has 0 saturated heterocycles. The molecule has 0 bridgehead atoms. The van der Waals surface area contributed by atoms with Gasteiger partial charge in [-0.3, -0.25) is 4.79 Å². The molecule has 0 aromatic carbocycles. The van der Waals surface area contributed by atoms with Crippen LogP contribution in [-0.4, -0.2) is 30.0 Å². The molecule has 0 amide bonds. The van der Waals surface area contributed by atoms with Gasteiger partial charge in [-0.15, -0.1) is 0 Å². The van der Waals surface area contributed by atoms with Gasteiger partial charge in [0.2, 0.25) is 0 Å². The fraction of sp³-hybridized carbons (Fsp3) is 0.500.